The van der Waals surface area contributed by atoms with E-state index in [1.54, 1.807) is 30.6 Å². The summed E-state index contributed by atoms with van der Waals surface area (Å²) >= 11 is 5.08. The van der Waals surface area contributed by atoms with Crippen molar-refractivity contribution in [1.82, 2.24) is 15.2 Å². The number of pyridine rings is 1. The van der Waals surface area contributed by atoms with Gasteiger partial charge in [-0.25, -0.2) is 4.90 Å². The zero-order valence-corrected chi connectivity index (χ0v) is 11.9. The van der Waals surface area contributed by atoms with Gasteiger partial charge < -0.3 is 4.74 Å². The van der Waals surface area contributed by atoms with Crippen molar-refractivity contribution < 1.29 is 14.3 Å². The average Bonchev–Trinajstić information content (AvgIpc) is 3.09. The molecule has 2 saturated heterocycles. The van der Waals surface area contributed by atoms with Gasteiger partial charge in [0.05, 0.1) is 0 Å². The lowest BCUT2D eigenvalue weighted by Gasteiger charge is -2.19. The number of carbonyl (C=O) groups excluding carboxylic acids is 2. The van der Waals surface area contributed by atoms with Crippen molar-refractivity contribution in [2.45, 2.75) is 18.9 Å². The van der Waals surface area contributed by atoms with Crippen LogP contribution >= 0.6 is 12.2 Å². The van der Waals surface area contributed by atoms with Gasteiger partial charge in [0.2, 0.25) is 0 Å². The predicted molar refractivity (Wildman–Crippen MR) is 78.8 cm³/mol. The first-order chi connectivity index (χ1) is 10.2. The highest BCUT2D eigenvalue weighted by atomic mass is 32.1. The van der Waals surface area contributed by atoms with Gasteiger partial charge in [-0.15, -0.1) is 0 Å². The molecule has 1 aromatic rings. The number of amides is 2. The van der Waals surface area contributed by atoms with Crippen LogP contribution in [0.4, 0.5) is 0 Å². The molecule has 21 heavy (non-hydrogen) atoms. The maximum absolute atomic E-state index is 12.5. The molecule has 2 amide bonds. The van der Waals surface area contributed by atoms with E-state index in [1.165, 1.54) is 4.90 Å². The van der Waals surface area contributed by atoms with Gasteiger partial charge in [-0.05, 0) is 42.8 Å². The van der Waals surface area contributed by atoms with Gasteiger partial charge in [0.1, 0.15) is 11.8 Å². The molecule has 3 rings (SSSR count). The van der Waals surface area contributed by atoms with Gasteiger partial charge in [-0.3, -0.25) is 19.9 Å². The Labute approximate surface area is 126 Å². The van der Waals surface area contributed by atoms with Crippen LogP contribution in [0.2, 0.25) is 0 Å². The molecule has 7 heteroatoms. The highest BCUT2D eigenvalue weighted by molar-refractivity contribution is 7.80. The monoisotopic (exact) mass is 303 g/mol. The quantitative estimate of drug-likeness (QED) is 0.648. The van der Waals surface area contributed by atoms with E-state index in [0.29, 0.717) is 13.0 Å². The molecule has 0 aromatic carbocycles. The molecule has 1 atom stereocenters. The number of aromatic nitrogens is 1. The van der Waals surface area contributed by atoms with E-state index in [4.69, 9.17) is 17.0 Å². The van der Waals surface area contributed by atoms with Gasteiger partial charge in [0.25, 0.3) is 11.8 Å². The molecule has 1 unspecified atom stereocenters. The van der Waals surface area contributed by atoms with Gasteiger partial charge in [0, 0.05) is 19.0 Å². The van der Waals surface area contributed by atoms with Crippen LogP contribution in [-0.2, 0) is 14.3 Å². The van der Waals surface area contributed by atoms with Crippen molar-refractivity contribution in [2.24, 2.45) is 0 Å². The molecule has 0 spiro atoms. The largest absolute Gasteiger partial charge is 0.368 e. The fraction of sp³-hybridized carbons (Fsp3) is 0.286. The van der Waals surface area contributed by atoms with Crippen LogP contribution in [0.5, 0.6) is 0 Å². The zero-order valence-electron chi connectivity index (χ0n) is 11.1. The zero-order chi connectivity index (χ0) is 14.8. The number of thiocarbonyl (C=S) groups is 1. The molecule has 2 fully saturated rings. The SMILES string of the molecule is O=C1NC(=S)N(C(=O)C2CCCO2)/C1=C/c1cccnc1. The van der Waals surface area contributed by atoms with Crippen molar-refractivity contribution in [3.8, 4) is 0 Å². The topological polar surface area (TPSA) is 71.5 Å². The van der Waals surface area contributed by atoms with Crippen molar-refractivity contribution in [1.29, 1.82) is 0 Å². The summed E-state index contributed by atoms with van der Waals surface area (Å²) in [6, 6.07) is 3.55. The fourth-order valence-corrected chi connectivity index (χ4v) is 2.59. The van der Waals surface area contributed by atoms with Crippen molar-refractivity contribution in [3.63, 3.8) is 0 Å². The molecule has 0 aliphatic carbocycles. The van der Waals surface area contributed by atoms with Gasteiger partial charge in [-0.2, -0.15) is 0 Å². The molecule has 2 aliphatic heterocycles. The Bertz CT molecular complexity index is 624. The van der Waals surface area contributed by atoms with Crippen molar-refractivity contribution >= 4 is 35.2 Å². The second-order valence-corrected chi connectivity index (χ2v) is 5.14. The predicted octanol–water partition coefficient (Wildman–Crippen LogP) is 0.845. The van der Waals surface area contributed by atoms with E-state index in [2.05, 4.69) is 10.3 Å². The Morgan fingerprint density at radius 2 is 2.43 bits per heavy atom. The number of ether oxygens (including phenoxy) is 1. The minimum Gasteiger partial charge on any atom is -0.368 e. The normalized spacial score (nSPS) is 23.7. The first-order valence-corrected chi connectivity index (χ1v) is 7.00. The smallest absolute Gasteiger partial charge is 0.274 e. The maximum atomic E-state index is 12.5. The summed E-state index contributed by atoms with van der Waals surface area (Å²) in [5, 5.41) is 2.59. The van der Waals surface area contributed by atoms with Gasteiger partial charge in [0.15, 0.2) is 5.11 Å². The summed E-state index contributed by atoms with van der Waals surface area (Å²) in [5.74, 6) is -0.693. The van der Waals surface area contributed by atoms with E-state index in [0.717, 1.165) is 12.0 Å². The number of hydrogen-bond donors (Lipinski definition) is 1. The van der Waals surface area contributed by atoms with Crippen LogP contribution in [0.3, 0.4) is 0 Å². The summed E-state index contributed by atoms with van der Waals surface area (Å²) < 4.78 is 5.38. The molecule has 6 nitrogen and oxygen atoms in total. The average molecular weight is 303 g/mol. The van der Waals surface area contributed by atoms with E-state index < -0.39 is 12.0 Å². The maximum Gasteiger partial charge on any atom is 0.274 e. The van der Waals surface area contributed by atoms with Crippen LogP contribution in [0.25, 0.3) is 6.08 Å². The second kappa shape index (κ2) is 5.71. The summed E-state index contributed by atoms with van der Waals surface area (Å²) in [4.78, 5) is 29.7. The molecular formula is C14H13N3O3S. The standard InChI is InChI=1S/C14H13N3O3S/c18-12-10(7-9-3-1-5-15-8-9)17(14(21)16-12)13(19)11-4-2-6-20-11/h1,3,5,7-8,11H,2,4,6H2,(H,16,18,21)/b10-7+. The third kappa shape index (κ3) is 2.70. The van der Waals surface area contributed by atoms with Crippen LogP contribution < -0.4 is 5.32 Å². The summed E-state index contributed by atoms with van der Waals surface area (Å²) in [5.41, 5.74) is 0.922. The minimum absolute atomic E-state index is 0.0932. The van der Waals surface area contributed by atoms with E-state index in [1.807, 2.05) is 0 Å². The molecule has 2 aliphatic rings. The third-order valence-corrected chi connectivity index (χ3v) is 3.60. The first kappa shape index (κ1) is 13.8. The third-order valence-electron chi connectivity index (χ3n) is 3.31. The van der Waals surface area contributed by atoms with E-state index >= 15 is 0 Å². The molecule has 0 radical (unpaired) electrons. The van der Waals surface area contributed by atoms with Gasteiger partial charge in [-0.1, -0.05) is 6.07 Å². The molecule has 108 valence electrons. The number of carbonyl (C=O) groups is 2. The lowest BCUT2D eigenvalue weighted by atomic mass is 10.2. The number of nitrogens with one attached hydrogen (secondary N) is 1. The molecule has 0 bridgehead atoms. The number of hydrogen-bond acceptors (Lipinski definition) is 5. The van der Waals surface area contributed by atoms with Crippen molar-refractivity contribution in [3.05, 3.63) is 35.8 Å². The Morgan fingerprint density at radius 3 is 3.10 bits per heavy atom. The van der Waals surface area contributed by atoms with E-state index in [-0.39, 0.29) is 16.7 Å². The van der Waals surface area contributed by atoms with Crippen LogP contribution in [0.15, 0.2) is 30.2 Å². The van der Waals surface area contributed by atoms with E-state index in [9.17, 15) is 9.59 Å². The Morgan fingerprint density at radius 1 is 1.57 bits per heavy atom. The summed E-state index contributed by atoms with van der Waals surface area (Å²) in [7, 11) is 0. The molecular weight excluding hydrogens is 290 g/mol. The Balaban J connectivity index is 1.92. The lowest BCUT2D eigenvalue weighted by Crippen LogP contribution is -2.40. The Hall–Kier alpha value is -2.12. The van der Waals surface area contributed by atoms with Gasteiger partial charge >= 0.3 is 0 Å². The van der Waals surface area contributed by atoms with Crippen molar-refractivity contribution in [2.75, 3.05) is 6.61 Å². The molecule has 3 heterocycles. The highest BCUT2D eigenvalue weighted by Crippen LogP contribution is 2.22. The van der Waals surface area contributed by atoms with Crippen LogP contribution in [0, 0.1) is 0 Å². The van der Waals surface area contributed by atoms with Crippen LogP contribution in [0.1, 0.15) is 18.4 Å². The first-order valence-electron chi connectivity index (χ1n) is 6.59. The molecule has 0 saturated carbocycles. The number of rotatable bonds is 2. The second-order valence-electron chi connectivity index (χ2n) is 4.75. The Kier molecular flexibility index (Phi) is 3.76. The lowest BCUT2D eigenvalue weighted by molar-refractivity contribution is -0.135. The summed E-state index contributed by atoms with van der Waals surface area (Å²) in [6.45, 7) is 0.556. The fourth-order valence-electron chi connectivity index (χ4n) is 2.31. The molecule has 1 aromatic heterocycles. The minimum atomic E-state index is -0.534. The highest BCUT2D eigenvalue weighted by Gasteiger charge is 2.39. The summed E-state index contributed by atoms with van der Waals surface area (Å²) in [6.07, 6.45) is 5.78. The number of nitrogens with zero attached hydrogens (tertiary/aromatic N) is 2. The van der Waals surface area contributed by atoms with Crippen LogP contribution in [-0.4, -0.2) is 39.5 Å². The molecule has 1 N–H and O–H groups in total.